The van der Waals surface area contributed by atoms with Crippen LogP contribution in [0.15, 0.2) is 40.7 Å². The summed E-state index contributed by atoms with van der Waals surface area (Å²) >= 11 is 1.41. The van der Waals surface area contributed by atoms with Crippen molar-refractivity contribution in [2.75, 3.05) is 13.6 Å². The number of halogens is 3. The molecule has 0 amide bonds. The molecule has 0 saturated carbocycles. The van der Waals surface area contributed by atoms with Gasteiger partial charge in [0.05, 0.1) is 28.3 Å². The van der Waals surface area contributed by atoms with Gasteiger partial charge in [-0.1, -0.05) is 18.2 Å². The number of rotatable bonds is 6. The summed E-state index contributed by atoms with van der Waals surface area (Å²) in [5.74, 6) is 0. The summed E-state index contributed by atoms with van der Waals surface area (Å²) in [5, 5.41) is 2.62. The summed E-state index contributed by atoms with van der Waals surface area (Å²) < 4.78 is 41.6. The van der Waals surface area contributed by atoms with Crippen molar-refractivity contribution in [1.82, 2.24) is 9.88 Å². The predicted molar refractivity (Wildman–Crippen MR) is 130 cm³/mol. The second-order valence-electron chi connectivity index (χ2n) is 8.61. The zero-order valence-electron chi connectivity index (χ0n) is 19.2. The number of aliphatic imine (C=N–C) groups is 1. The number of benzene rings is 2. The van der Waals surface area contributed by atoms with Crippen molar-refractivity contribution >= 4 is 23.4 Å². The Hall–Kier alpha value is -2.67. The highest BCUT2D eigenvalue weighted by molar-refractivity contribution is 7.10. The van der Waals surface area contributed by atoms with E-state index in [1.807, 2.05) is 24.3 Å². The molecule has 0 atom stereocenters. The molecule has 33 heavy (non-hydrogen) atoms. The molecule has 3 nitrogen and oxygen atoms in total. The van der Waals surface area contributed by atoms with Gasteiger partial charge >= 0.3 is 6.18 Å². The summed E-state index contributed by atoms with van der Waals surface area (Å²) in [6.07, 6.45) is 1.88. The lowest BCUT2D eigenvalue weighted by Crippen LogP contribution is -2.14. The van der Waals surface area contributed by atoms with Crippen LogP contribution in [-0.4, -0.2) is 29.8 Å². The molecule has 1 aromatic heterocycles. The van der Waals surface area contributed by atoms with Crippen molar-refractivity contribution in [2.24, 2.45) is 4.99 Å². The minimum absolute atomic E-state index is 0.143. The first-order valence-electron chi connectivity index (χ1n) is 11.3. The lowest BCUT2D eigenvalue weighted by molar-refractivity contribution is -0.138. The summed E-state index contributed by atoms with van der Waals surface area (Å²) in [5.41, 5.74) is 5.27. The van der Waals surface area contributed by atoms with E-state index in [0.717, 1.165) is 36.7 Å². The Morgan fingerprint density at radius 2 is 1.88 bits per heavy atom. The number of hydrogen-bond acceptors (Lipinski definition) is 3. The Morgan fingerprint density at radius 1 is 1.12 bits per heavy atom. The van der Waals surface area contributed by atoms with E-state index in [9.17, 15) is 13.2 Å². The second-order valence-corrected chi connectivity index (χ2v) is 9.55. The molecule has 3 aromatic rings. The van der Waals surface area contributed by atoms with Crippen LogP contribution in [0.2, 0.25) is 0 Å². The van der Waals surface area contributed by atoms with Crippen LogP contribution in [-0.2, 0) is 25.4 Å². The first kappa shape index (κ1) is 23.5. The van der Waals surface area contributed by atoms with E-state index in [4.69, 9.17) is 0 Å². The summed E-state index contributed by atoms with van der Waals surface area (Å²) in [6, 6.07) is 9.19. The van der Waals surface area contributed by atoms with Gasteiger partial charge in [-0.25, -0.2) is 9.98 Å². The molecule has 0 bridgehead atoms. The van der Waals surface area contributed by atoms with Gasteiger partial charge < -0.3 is 4.90 Å². The number of fused-ring (bicyclic) bond motifs is 1. The molecule has 2 aromatic carbocycles. The molecular formula is C26H28F3N3S. The largest absolute Gasteiger partial charge is 0.416 e. The van der Waals surface area contributed by atoms with Crippen molar-refractivity contribution in [3.8, 4) is 11.3 Å². The zero-order valence-corrected chi connectivity index (χ0v) is 20.0. The van der Waals surface area contributed by atoms with Crippen LogP contribution in [0.25, 0.3) is 11.3 Å². The van der Waals surface area contributed by atoms with Crippen LogP contribution < -0.4 is 0 Å². The van der Waals surface area contributed by atoms with Crippen LogP contribution >= 0.6 is 11.3 Å². The third kappa shape index (κ3) is 5.46. The maximum atomic E-state index is 13.9. The van der Waals surface area contributed by atoms with Crippen LogP contribution in [0, 0.1) is 6.92 Å². The van der Waals surface area contributed by atoms with Crippen LogP contribution in [0.5, 0.6) is 0 Å². The molecule has 7 heteroatoms. The minimum atomic E-state index is -4.46. The fourth-order valence-electron chi connectivity index (χ4n) is 4.13. The Labute approximate surface area is 197 Å². The lowest BCUT2D eigenvalue weighted by Gasteiger charge is -2.16. The Bertz CT molecular complexity index is 1160. The zero-order chi connectivity index (χ0) is 23.6. The van der Waals surface area contributed by atoms with Crippen LogP contribution in [0.3, 0.4) is 0 Å². The highest BCUT2D eigenvalue weighted by Crippen LogP contribution is 2.38. The van der Waals surface area contributed by atoms with Gasteiger partial charge in [-0.15, -0.1) is 11.3 Å². The molecule has 1 heterocycles. The smallest absolute Gasteiger partial charge is 0.366 e. The van der Waals surface area contributed by atoms with Gasteiger partial charge in [-0.3, -0.25) is 0 Å². The highest BCUT2D eigenvalue weighted by atomic mass is 32.1. The number of nitrogens with zero attached hydrogens (tertiary/aromatic N) is 3. The number of thiazole rings is 1. The highest BCUT2D eigenvalue weighted by Gasteiger charge is 2.34. The molecule has 0 N–H and O–H groups in total. The average Bonchev–Trinajstić information content (AvgIpc) is 3.25. The fourth-order valence-corrected chi connectivity index (χ4v) is 4.95. The third-order valence-electron chi connectivity index (χ3n) is 6.16. The molecule has 0 fully saturated rings. The maximum Gasteiger partial charge on any atom is 0.416 e. The van der Waals surface area contributed by atoms with Gasteiger partial charge in [0.25, 0.3) is 0 Å². The first-order chi connectivity index (χ1) is 15.7. The quantitative estimate of drug-likeness (QED) is 0.280. The van der Waals surface area contributed by atoms with E-state index < -0.39 is 11.7 Å². The van der Waals surface area contributed by atoms with E-state index in [0.29, 0.717) is 16.3 Å². The summed E-state index contributed by atoms with van der Waals surface area (Å²) in [6.45, 7) is 4.47. The molecule has 174 valence electrons. The monoisotopic (exact) mass is 471 g/mol. The Morgan fingerprint density at radius 3 is 2.61 bits per heavy atom. The second kappa shape index (κ2) is 9.67. The predicted octanol–water partition coefficient (Wildman–Crippen LogP) is 7.22. The molecule has 0 radical (unpaired) electrons. The minimum Gasteiger partial charge on any atom is -0.366 e. The van der Waals surface area contributed by atoms with Crippen molar-refractivity contribution < 1.29 is 13.2 Å². The van der Waals surface area contributed by atoms with Crippen molar-refractivity contribution in [3.63, 3.8) is 0 Å². The molecular weight excluding hydrogens is 443 g/mol. The van der Waals surface area contributed by atoms with Gasteiger partial charge in [-0.05, 0) is 73.9 Å². The molecule has 4 rings (SSSR count). The summed E-state index contributed by atoms with van der Waals surface area (Å²) in [7, 11) is 1.83. The average molecular weight is 472 g/mol. The SMILES string of the molecule is CCN(C)C=Nc1cc(C(F)(F)F)c(Cc2nc(-c3ccc4c(c3)CCCC4)cs2)cc1C. The lowest BCUT2D eigenvalue weighted by atomic mass is 9.90. The van der Waals surface area contributed by atoms with Gasteiger partial charge in [0.1, 0.15) is 0 Å². The molecule has 0 saturated heterocycles. The van der Waals surface area contributed by atoms with E-state index in [1.54, 1.807) is 19.3 Å². The first-order valence-corrected chi connectivity index (χ1v) is 12.1. The molecule has 1 aliphatic rings. The standard InChI is InChI=1S/C26H28F3N3S/c1-4-32(3)16-30-23-14-22(26(27,28)29)21(11-17(23)2)13-25-31-24(15-33-25)20-10-9-18-7-5-6-8-19(18)12-20/h9-12,14-16H,4-8,13H2,1-3H3. The molecule has 0 unspecified atom stereocenters. The topological polar surface area (TPSA) is 28.5 Å². The molecule has 0 aliphatic heterocycles. The third-order valence-corrected chi connectivity index (χ3v) is 7.01. The van der Waals surface area contributed by atoms with E-state index in [1.165, 1.54) is 35.3 Å². The van der Waals surface area contributed by atoms with Crippen LogP contribution in [0.1, 0.15) is 52.6 Å². The van der Waals surface area contributed by atoms with E-state index in [2.05, 4.69) is 28.2 Å². The van der Waals surface area contributed by atoms with Crippen LogP contribution in [0.4, 0.5) is 18.9 Å². The Balaban J connectivity index is 1.62. The van der Waals surface area contributed by atoms with Gasteiger partial charge in [0, 0.05) is 31.0 Å². The van der Waals surface area contributed by atoms with E-state index in [-0.39, 0.29) is 12.0 Å². The van der Waals surface area contributed by atoms with Gasteiger partial charge in [0.2, 0.25) is 0 Å². The number of aromatic nitrogens is 1. The van der Waals surface area contributed by atoms with Gasteiger partial charge in [-0.2, -0.15) is 13.2 Å². The molecule has 0 spiro atoms. The summed E-state index contributed by atoms with van der Waals surface area (Å²) in [4.78, 5) is 10.8. The van der Waals surface area contributed by atoms with Crippen molar-refractivity contribution in [1.29, 1.82) is 0 Å². The Kier molecular flexibility index (Phi) is 6.88. The fraction of sp³-hybridized carbons (Fsp3) is 0.385. The van der Waals surface area contributed by atoms with Crippen molar-refractivity contribution in [2.45, 2.75) is 52.1 Å². The normalized spacial score (nSPS) is 14.0. The maximum absolute atomic E-state index is 13.9. The number of alkyl halides is 3. The van der Waals surface area contributed by atoms with E-state index >= 15 is 0 Å². The van der Waals surface area contributed by atoms with Crippen molar-refractivity contribution in [3.05, 3.63) is 68.5 Å². The molecule has 1 aliphatic carbocycles. The van der Waals surface area contributed by atoms with Gasteiger partial charge in [0.15, 0.2) is 0 Å². The number of hydrogen-bond donors (Lipinski definition) is 0. The number of aryl methyl sites for hydroxylation is 3.